The first-order valence-electron chi connectivity index (χ1n) is 10.8. The minimum Gasteiger partial charge on any atom is -0.465 e. The zero-order valence-corrected chi connectivity index (χ0v) is 21.7. The average Bonchev–Trinajstić information content (AvgIpc) is 2.84. The van der Waals surface area contributed by atoms with Crippen molar-refractivity contribution in [2.45, 2.75) is 37.5 Å². The van der Waals surface area contributed by atoms with Crippen LogP contribution in [0.15, 0.2) is 28.2 Å². The average molecular weight is 550 g/mol. The summed E-state index contributed by atoms with van der Waals surface area (Å²) in [7, 11) is 1.46. The van der Waals surface area contributed by atoms with E-state index in [4.69, 9.17) is 37.4 Å². The van der Waals surface area contributed by atoms with Gasteiger partial charge in [-0.05, 0) is 44.7 Å². The lowest BCUT2D eigenvalue weighted by atomic mass is 9.90. The fourth-order valence-corrected chi connectivity index (χ4v) is 4.54. The van der Waals surface area contributed by atoms with Crippen LogP contribution in [0.2, 0.25) is 5.02 Å². The molecule has 0 saturated carbocycles. The minimum atomic E-state index is -0.942. The van der Waals surface area contributed by atoms with Crippen LogP contribution in [0.4, 0.5) is 10.1 Å². The van der Waals surface area contributed by atoms with Crippen LogP contribution in [-0.4, -0.2) is 62.3 Å². The molecule has 0 atom stereocenters. The normalized spacial score (nSPS) is 13.4. The molecule has 0 fully saturated rings. The van der Waals surface area contributed by atoms with Gasteiger partial charge in [-0.3, -0.25) is 14.4 Å². The molecule has 0 spiro atoms. The molecule has 0 aliphatic heterocycles. The van der Waals surface area contributed by atoms with E-state index in [2.05, 4.69) is 0 Å². The predicted molar refractivity (Wildman–Crippen MR) is 130 cm³/mol. The summed E-state index contributed by atoms with van der Waals surface area (Å²) < 4.78 is 29.9. The number of hydrogen-bond acceptors (Lipinski definition) is 8. The van der Waals surface area contributed by atoms with E-state index in [1.54, 1.807) is 6.92 Å². The van der Waals surface area contributed by atoms with Gasteiger partial charge in [0.25, 0.3) is 5.91 Å². The summed E-state index contributed by atoms with van der Waals surface area (Å²) in [5, 5.41) is -0.00874. The lowest BCUT2D eigenvalue weighted by Gasteiger charge is -2.26. The van der Waals surface area contributed by atoms with Crippen molar-refractivity contribution in [1.29, 1.82) is 0 Å². The van der Waals surface area contributed by atoms with Crippen LogP contribution < -0.4 is 4.90 Å². The molecule has 1 aliphatic carbocycles. The topological polar surface area (TPSA) is 99.2 Å². The smallest absolute Gasteiger partial charge is 0.334 e. The third-order valence-electron chi connectivity index (χ3n) is 4.95. The first kappa shape index (κ1) is 29.1. The second kappa shape index (κ2) is 14.4. The lowest BCUT2D eigenvalue weighted by Crippen LogP contribution is -2.40. The minimum absolute atomic E-state index is 0.00249. The van der Waals surface area contributed by atoms with Gasteiger partial charge in [-0.2, -0.15) is 0 Å². The van der Waals surface area contributed by atoms with Crippen molar-refractivity contribution in [2.75, 3.05) is 43.5 Å². The highest BCUT2D eigenvalue weighted by molar-refractivity contribution is 8.00. The number of ether oxygens (including phenoxy) is 3. The molecule has 2 amide bonds. The van der Waals surface area contributed by atoms with Gasteiger partial charge >= 0.3 is 11.9 Å². The number of amides is 2. The summed E-state index contributed by atoms with van der Waals surface area (Å²) in [6, 6.07) is 2.14. The van der Waals surface area contributed by atoms with E-state index in [0.717, 1.165) is 17.8 Å². The number of carbonyl (C=O) groups excluding carboxylic acids is 4. The Bertz CT molecular complexity index is 1000. The van der Waals surface area contributed by atoms with E-state index in [0.29, 0.717) is 17.7 Å². The van der Waals surface area contributed by atoms with Gasteiger partial charge in [0.2, 0.25) is 5.91 Å². The largest absolute Gasteiger partial charge is 0.465 e. The molecule has 0 N–H and O–H groups in total. The number of methoxy groups -OCH3 is 1. The Balaban J connectivity index is 2.46. The molecule has 0 saturated heterocycles. The summed E-state index contributed by atoms with van der Waals surface area (Å²) in [6.07, 6.45) is 1.74. The molecule has 0 radical (unpaired) electrons. The Morgan fingerprint density at radius 3 is 2.40 bits per heavy atom. The fourth-order valence-electron chi connectivity index (χ4n) is 3.36. The van der Waals surface area contributed by atoms with E-state index in [1.807, 2.05) is 0 Å². The van der Waals surface area contributed by atoms with Gasteiger partial charge < -0.3 is 14.2 Å². The Morgan fingerprint density at radius 1 is 1.09 bits per heavy atom. The highest BCUT2D eigenvalue weighted by Gasteiger charge is 2.33. The van der Waals surface area contributed by atoms with Crippen LogP contribution in [0.5, 0.6) is 0 Å². The Morgan fingerprint density at radius 2 is 1.77 bits per heavy atom. The molecule has 1 aromatic carbocycles. The Labute approximate surface area is 217 Å². The molecular formula is C23H26Cl2FNO7S. The third-order valence-corrected chi connectivity index (χ3v) is 6.64. The number of benzene rings is 1. The van der Waals surface area contributed by atoms with Crippen molar-refractivity contribution in [3.63, 3.8) is 0 Å². The molecular weight excluding hydrogens is 524 g/mol. The van der Waals surface area contributed by atoms with E-state index in [-0.39, 0.29) is 65.2 Å². The lowest BCUT2D eigenvalue weighted by molar-refractivity contribution is -0.141. The van der Waals surface area contributed by atoms with Crippen molar-refractivity contribution in [3.05, 3.63) is 34.1 Å². The van der Waals surface area contributed by atoms with E-state index in [9.17, 15) is 23.6 Å². The molecule has 192 valence electrons. The van der Waals surface area contributed by atoms with Crippen LogP contribution >= 0.6 is 35.0 Å². The number of carbonyl (C=O) groups is 4. The second-order valence-corrected chi connectivity index (χ2v) is 8.98. The number of thioether (sulfide) groups is 1. The number of nitrogens with zero attached hydrogens (tertiary/aromatic N) is 1. The molecule has 0 unspecified atom stereocenters. The molecule has 0 heterocycles. The molecule has 12 heteroatoms. The van der Waals surface area contributed by atoms with E-state index in [1.165, 1.54) is 13.2 Å². The number of rotatable bonds is 11. The first-order chi connectivity index (χ1) is 16.7. The van der Waals surface area contributed by atoms with Gasteiger partial charge in [-0.15, -0.1) is 23.4 Å². The number of anilines is 1. The number of imide groups is 1. The summed E-state index contributed by atoms with van der Waals surface area (Å²) in [4.78, 5) is 51.4. The quantitative estimate of drug-likeness (QED) is 0.174. The molecule has 2 rings (SSSR count). The van der Waals surface area contributed by atoms with Crippen molar-refractivity contribution >= 4 is 64.4 Å². The summed E-state index contributed by atoms with van der Waals surface area (Å²) in [5.41, 5.74) is -0.190. The molecule has 35 heavy (non-hydrogen) atoms. The van der Waals surface area contributed by atoms with E-state index >= 15 is 0 Å². The van der Waals surface area contributed by atoms with Crippen LogP contribution in [0, 0.1) is 5.82 Å². The molecule has 8 nitrogen and oxygen atoms in total. The number of hydrogen-bond donors (Lipinski definition) is 0. The molecule has 1 aliphatic rings. The van der Waals surface area contributed by atoms with Gasteiger partial charge in [0.05, 0.1) is 29.7 Å². The van der Waals surface area contributed by atoms with Crippen LogP contribution in [-0.2, 0) is 33.4 Å². The third kappa shape index (κ3) is 7.93. The highest BCUT2D eigenvalue weighted by Crippen LogP contribution is 2.36. The first-order valence-corrected chi connectivity index (χ1v) is 12.7. The number of esters is 2. The van der Waals surface area contributed by atoms with Crippen molar-refractivity contribution in [3.8, 4) is 0 Å². The summed E-state index contributed by atoms with van der Waals surface area (Å²) in [5.74, 6) is -4.61. The van der Waals surface area contributed by atoms with Crippen LogP contribution in [0.3, 0.4) is 0 Å². The van der Waals surface area contributed by atoms with Crippen LogP contribution in [0.1, 0.15) is 32.6 Å². The molecule has 0 bridgehead atoms. The van der Waals surface area contributed by atoms with Gasteiger partial charge in [-0.1, -0.05) is 11.6 Å². The number of alkyl halides is 1. The maximum absolute atomic E-state index is 15.0. The maximum Gasteiger partial charge on any atom is 0.334 e. The zero-order chi connectivity index (χ0) is 26.0. The molecule has 1 aromatic rings. The fraction of sp³-hybridized carbons (Fsp3) is 0.478. The SMILES string of the molecule is CCOC(=O)CSc1cc(N(C(=O)CCl)C(=O)C2=C(C(=O)OCCOC)CCCC2)c(F)cc1Cl. The van der Waals surface area contributed by atoms with Crippen molar-refractivity contribution < 1.29 is 37.8 Å². The van der Waals surface area contributed by atoms with Gasteiger partial charge in [0.1, 0.15) is 18.3 Å². The van der Waals surface area contributed by atoms with Crippen molar-refractivity contribution in [1.82, 2.24) is 0 Å². The summed E-state index contributed by atoms with van der Waals surface area (Å²) >= 11 is 12.8. The van der Waals surface area contributed by atoms with Gasteiger partial charge in [0, 0.05) is 23.2 Å². The summed E-state index contributed by atoms with van der Waals surface area (Å²) in [6.45, 7) is 2.03. The van der Waals surface area contributed by atoms with E-state index < -0.39 is 35.5 Å². The Kier molecular flexibility index (Phi) is 12.0. The Hall–Kier alpha value is -2.14. The van der Waals surface area contributed by atoms with Crippen LogP contribution in [0.25, 0.3) is 0 Å². The second-order valence-electron chi connectivity index (χ2n) is 7.29. The highest BCUT2D eigenvalue weighted by atomic mass is 35.5. The van der Waals surface area contributed by atoms with Gasteiger partial charge in [0.15, 0.2) is 0 Å². The van der Waals surface area contributed by atoms with Crippen molar-refractivity contribution in [2.24, 2.45) is 0 Å². The molecule has 0 aromatic heterocycles. The predicted octanol–water partition coefficient (Wildman–Crippen LogP) is 4.29. The zero-order valence-electron chi connectivity index (χ0n) is 19.4. The standard InChI is InChI=1S/C23H26Cl2FNO7S/c1-3-33-21(29)13-35-19-11-18(17(26)10-16(19)25)27(20(28)12-24)22(30)14-6-4-5-7-15(14)23(31)34-9-8-32-2/h10-11H,3-9,12-13H2,1-2H3. The number of halogens is 3. The maximum atomic E-state index is 15.0. The van der Waals surface area contributed by atoms with Gasteiger partial charge in [-0.25, -0.2) is 14.1 Å². The monoisotopic (exact) mass is 549 g/mol.